The molecule has 2 aliphatic heterocycles. The van der Waals surface area contributed by atoms with Crippen LogP contribution in [-0.4, -0.2) is 54.9 Å². The molecule has 1 fully saturated rings. The van der Waals surface area contributed by atoms with Gasteiger partial charge in [-0.3, -0.25) is 14.4 Å². The van der Waals surface area contributed by atoms with E-state index in [4.69, 9.17) is 4.74 Å². The van der Waals surface area contributed by atoms with Crippen LogP contribution in [-0.2, 0) is 14.4 Å². The first-order valence-corrected chi connectivity index (χ1v) is 11.1. The highest BCUT2D eigenvalue weighted by Crippen LogP contribution is 2.31. The fraction of sp³-hybridized carbons (Fsp3) is 0.609. The fourth-order valence-corrected chi connectivity index (χ4v) is 4.12. The standard InChI is InChI=1S/C23H33N3O4/c1-3-4-13-24-23(29)18-10-9-17(2)26(16-18)22(28)12-11-21(27)25-14-15-30-20-8-6-5-7-19(20)25/h5-8,17-18H,3-4,9-16H2,1-2H3,(H,24,29). The van der Waals surface area contributed by atoms with Crippen LogP contribution in [0.5, 0.6) is 5.75 Å². The molecule has 0 bridgehead atoms. The van der Waals surface area contributed by atoms with Crippen molar-refractivity contribution in [3.05, 3.63) is 24.3 Å². The van der Waals surface area contributed by atoms with Crippen LogP contribution in [0.25, 0.3) is 0 Å². The summed E-state index contributed by atoms with van der Waals surface area (Å²) in [6.45, 7) is 6.17. The molecule has 0 aromatic heterocycles. The predicted octanol–water partition coefficient (Wildman–Crippen LogP) is 2.74. The third-order valence-corrected chi connectivity index (χ3v) is 5.99. The van der Waals surface area contributed by atoms with Crippen LogP contribution in [0.1, 0.15) is 52.4 Å². The molecule has 2 atom stereocenters. The van der Waals surface area contributed by atoms with Crippen molar-refractivity contribution in [1.29, 1.82) is 0 Å². The second kappa shape index (κ2) is 10.5. The molecular weight excluding hydrogens is 382 g/mol. The van der Waals surface area contributed by atoms with Crippen molar-refractivity contribution < 1.29 is 19.1 Å². The minimum Gasteiger partial charge on any atom is -0.490 e. The van der Waals surface area contributed by atoms with E-state index in [1.807, 2.05) is 31.2 Å². The van der Waals surface area contributed by atoms with Gasteiger partial charge in [0.25, 0.3) is 0 Å². The van der Waals surface area contributed by atoms with Gasteiger partial charge in [-0.15, -0.1) is 0 Å². The first kappa shape index (κ1) is 22.1. The Labute approximate surface area is 178 Å². The number of hydrogen-bond donors (Lipinski definition) is 1. The molecule has 7 heteroatoms. The summed E-state index contributed by atoms with van der Waals surface area (Å²) in [6, 6.07) is 7.56. The van der Waals surface area contributed by atoms with E-state index >= 15 is 0 Å². The highest BCUT2D eigenvalue weighted by Gasteiger charge is 2.33. The van der Waals surface area contributed by atoms with Crippen LogP contribution in [0.2, 0.25) is 0 Å². The Bertz CT molecular complexity index is 767. The largest absolute Gasteiger partial charge is 0.490 e. The Hall–Kier alpha value is -2.57. The van der Waals surface area contributed by atoms with Crippen molar-refractivity contribution in [3.63, 3.8) is 0 Å². The molecule has 2 heterocycles. The zero-order valence-corrected chi connectivity index (χ0v) is 18.1. The average Bonchev–Trinajstić information content (AvgIpc) is 2.77. The fourth-order valence-electron chi connectivity index (χ4n) is 4.12. The second-order valence-corrected chi connectivity index (χ2v) is 8.18. The molecule has 3 rings (SSSR count). The van der Waals surface area contributed by atoms with Crippen molar-refractivity contribution in [2.24, 2.45) is 5.92 Å². The highest BCUT2D eigenvalue weighted by atomic mass is 16.5. The number of nitrogens with one attached hydrogen (secondary N) is 1. The van der Waals surface area contributed by atoms with Crippen molar-refractivity contribution in [3.8, 4) is 5.75 Å². The quantitative estimate of drug-likeness (QED) is 0.695. The van der Waals surface area contributed by atoms with E-state index in [0.717, 1.165) is 31.4 Å². The molecule has 3 amide bonds. The number of benzene rings is 1. The SMILES string of the molecule is CCCCNC(=O)C1CCC(C)N(C(=O)CCC(=O)N2CCOc3ccccc32)C1. The normalized spacial score (nSPS) is 20.9. The number of hydrogen-bond acceptors (Lipinski definition) is 4. The van der Waals surface area contributed by atoms with Gasteiger partial charge in [-0.05, 0) is 38.3 Å². The Kier molecular flexibility index (Phi) is 7.71. The Morgan fingerprint density at radius 3 is 2.70 bits per heavy atom. The summed E-state index contributed by atoms with van der Waals surface area (Å²) in [5.74, 6) is 0.448. The summed E-state index contributed by atoms with van der Waals surface area (Å²) in [5.41, 5.74) is 0.761. The van der Waals surface area contributed by atoms with Crippen LogP contribution in [0, 0.1) is 5.92 Å². The van der Waals surface area contributed by atoms with E-state index in [-0.39, 0.29) is 42.5 Å². The lowest BCUT2D eigenvalue weighted by Crippen LogP contribution is -2.49. The zero-order chi connectivity index (χ0) is 21.5. The minimum absolute atomic E-state index is 0.0363. The molecular formula is C23H33N3O4. The molecule has 0 aliphatic carbocycles. The number of fused-ring (bicyclic) bond motifs is 1. The molecule has 30 heavy (non-hydrogen) atoms. The van der Waals surface area contributed by atoms with Crippen molar-refractivity contribution in [2.75, 3.05) is 31.1 Å². The molecule has 7 nitrogen and oxygen atoms in total. The number of para-hydroxylation sites is 2. The number of carbonyl (C=O) groups excluding carboxylic acids is 3. The number of piperidine rings is 1. The smallest absolute Gasteiger partial charge is 0.227 e. The van der Waals surface area contributed by atoms with Crippen LogP contribution >= 0.6 is 0 Å². The lowest BCUT2D eigenvalue weighted by atomic mass is 9.92. The molecule has 1 aromatic rings. The third kappa shape index (κ3) is 5.32. The number of carbonyl (C=O) groups is 3. The molecule has 0 radical (unpaired) electrons. The third-order valence-electron chi connectivity index (χ3n) is 5.99. The lowest BCUT2D eigenvalue weighted by molar-refractivity contribution is -0.139. The number of unbranched alkanes of at least 4 members (excludes halogenated alkanes) is 1. The van der Waals surface area contributed by atoms with Gasteiger partial charge >= 0.3 is 0 Å². The molecule has 0 saturated carbocycles. The van der Waals surface area contributed by atoms with Gasteiger partial charge in [-0.25, -0.2) is 0 Å². The van der Waals surface area contributed by atoms with Crippen LogP contribution in [0.15, 0.2) is 24.3 Å². The maximum Gasteiger partial charge on any atom is 0.227 e. The van der Waals surface area contributed by atoms with Gasteiger partial charge in [0.1, 0.15) is 12.4 Å². The first-order valence-electron chi connectivity index (χ1n) is 11.1. The Morgan fingerprint density at radius 2 is 1.90 bits per heavy atom. The van der Waals surface area contributed by atoms with E-state index in [0.29, 0.717) is 32.0 Å². The predicted molar refractivity (Wildman–Crippen MR) is 115 cm³/mol. The number of rotatable bonds is 7. The van der Waals surface area contributed by atoms with Crippen LogP contribution in [0.4, 0.5) is 5.69 Å². The van der Waals surface area contributed by atoms with Gasteiger partial charge in [0.2, 0.25) is 17.7 Å². The van der Waals surface area contributed by atoms with Crippen molar-refractivity contribution in [1.82, 2.24) is 10.2 Å². The van der Waals surface area contributed by atoms with Gasteiger partial charge in [0.05, 0.1) is 18.2 Å². The molecule has 0 spiro atoms. The number of amides is 3. The van der Waals surface area contributed by atoms with Gasteiger partial charge in [0, 0.05) is 32.0 Å². The van der Waals surface area contributed by atoms with E-state index < -0.39 is 0 Å². The van der Waals surface area contributed by atoms with E-state index in [1.165, 1.54) is 0 Å². The number of likely N-dealkylation sites (tertiary alicyclic amines) is 1. The van der Waals surface area contributed by atoms with E-state index in [2.05, 4.69) is 12.2 Å². The molecule has 164 valence electrons. The Balaban J connectivity index is 1.53. The number of nitrogens with zero attached hydrogens (tertiary/aromatic N) is 2. The summed E-state index contributed by atoms with van der Waals surface area (Å²) in [7, 11) is 0. The minimum atomic E-state index is -0.163. The van der Waals surface area contributed by atoms with Crippen molar-refractivity contribution in [2.45, 2.75) is 58.4 Å². The van der Waals surface area contributed by atoms with Crippen molar-refractivity contribution >= 4 is 23.4 Å². The highest BCUT2D eigenvalue weighted by molar-refractivity contribution is 5.97. The topological polar surface area (TPSA) is 79.0 Å². The molecule has 1 aromatic carbocycles. The molecule has 1 saturated heterocycles. The maximum absolute atomic E-state index is 12.9. The van der Waals surface area contributed by atoms with Gasteiger partial charge in [-0.2, -0.15) is 0 Å². The summed E-state index contributed by atoms with van der Waals surface area (Å²) in [5, 5.41) is 2.98. The van der Waals surface area contributed by atoms with Crippen LogP contribution in [0.3, 0.4) is 0 Å². The number of ether oxygens (including phenoxy) is 1. The zero-order valence-electron chi connectivity index (χ0n) is 18.1. The van der Waals surface area contributed by atoms with E-state index in [1.54, 1.807) is 9.80 Å². The maximum atomic E-state index is 12.9. The number of anilines is 1. The van der Waals surface area contributed by atoms with Gasteiger partial charge in [-0.1, -0.05) is 25.5 Å². The first-order chi connectivity index (χ1) is 14.5. The second-order valence-electron chi connectivity index (χ2n) is 8.18. The summed E-state index contributed by atoms with van der Waals surface area (Å²) < 4.78 is 5.60. The molecule has 2 aliphatic rings. The monoisotopic (exact) mass is 415 g/mol. The lowest BCUT2D eigenvalue weighted by Gasteiger charge is -2.37. The van der Waals surface area contributed by atoms with Gasteiger partial charge in [0.15, 0.2) is 0 Å². The summed E-state index contributed by atoms with van der Waals surface area (Å²) in [6.07, 6.45) is 3.92. The van der Waals surface area contributed by atoms with E-state index in [9.17, 15) is 14.4 Å². The molecule has 2 unspecified atom stereocenters. The summed E-state index contributed by atoms with van der Waals surface area (Å²) in [4.78, 5) is 41.6. The van der Waals surface area contributed by atoms with Gasteiger partial charge < -0.3 is 19.9 Å². The average molecular weight is 416 g/mol. The molecule has 1 N–H and O–H groups in total. The van der Waals surface area contributed by atoms with Crippen LogP contribution < -0.4 is 15.0 Å². The Morgan fingerprint density at radius 1 is 1.13 bits per heavy atom. The summed E-state index contributed by atoms with van der Waals surface area (Å²) >= 11 is 0.